The maximum Gasteiger partial charge on any atom is 0.123 e. The molecule has 0 bridgehead atoms. The van der Waals surface area contributed by atoms with Gasteiger partial charge in [0.15, 0.2) is 0 Å². The Bertz CT molecular complexity index is 225. The van der Waals surface area contributed by atoms with Gasteiger partial charge in [0.25, 0.3) is 0 Å². The van der Waals surface area contributed by atoms with Crippen LogP contribution in [0.15, 0.2) is 24.3 Å². The van der Waals surface area contributed by atoms with Crippen LogP contribution >= 0.6 is 12.6 Å². The summed E-state index contributed by atoms with van der Waals surface area (Å²) >= 11 is 3.95. The standard InChI is InChI=1S/C7H8FNS/c8-6-3-1-2-5(4-6)7(9)10/h1-4,7,10H,9H2. The number of rotatable bonds is 1. The smallest absolute Gasteiger partial charge is 0.123 e. The van der Waals surface area contributed by atoms with Gasteiger partial charge < -0.3 is 5.73 Å². The summed E-state index contributed by atoms with van der Waals surface area (Å²) in [6.45, 7) is 0. The van der Waals surface area contributed by atoms with Gasteiger partial charge in [0.1, 0.15) is 5.82 Å². The minimum Gasteiger partial charge on any atom is -0.316 e. The van der Waals surface area contributed by atoms with E-state index in [9.17, 15) is 4.39 Å². The fourth-order valence-corrected chi connectivity index (χ4v) is 0.851. The first-order chi connectivity index (χ1) is 4.70. The Morgan fingerprint density at radius 2 is 2.20 bits per heavy atom. The number of nitrogens with two attached hydrogens (primary N) is 1. The molecule has 1 atom stereocenters. The monoisotopic (exact) mass is 157 g/mol. The predicted molar refractivity (Wildman–Crippen MR) is 42.3 cm³/mol. The van der Waals surface area contributed by atoms with Crippen molar-refractivity contribution in [2.75, 3.05) is 0 Å². The van der Waals surface area contributed by atoms with Gasteiger partial charge in [-0.05, 0) is 17.7 Å². The molecule has 1 rings (SSSR count). The van der Waals surface area contributed by atoms with Gasteiger partial charge >= 0.3 is 0 Å². The number of benzene rings is 1. The summed E-state index contributed by atoms with van der Waals surface area (Å²) < 4.78 is 12.4. The van der Waals surface area contributed by atoms with Crippen LogP contribution in [0.4, 0.5) is 4.39 Å². The second kappa shape index (κ2) is 3.03. The van der Waals surface area contributed by atoms with Crippen LogP contribution in [-0.4, -0.2) is 0 Å². The van der Waals surface area contributed by atoms with Gasteiger partial charge in [-0.2, -0.15) is 12.6 Å². The third-order valence-corrected chi connectivity index (χ3v) is 1.49. The average Bonchev–Trinajstić information content (AvgIpc) is 1.88. The van der Waals surface area contributed by atoms with E-state index >= 15 is 0 Å². The molecule has 1 nitrogen and oxygen atoms in total. The van der Waals surface area contributed by atoms with Gasteiger partial charge in [0, 0.05) is 0 Å². The lowest BCUT2D eigenvalue weighted by Gasteiger charge is -2.02. The average molecular weight is 157 g/mol. The van der Waals surface area contributed by atoms with Crippen LogP contribution in [0.5, 0.6) is 0 Å². The zero-order valence-electron chi connectivity index (χ0n) is 5.29. The first-order valence-corrected chi connectivity index (χ1v) is 3.41. The minimum atomic E-state index is -0.393. The summed E-state index contributed by atoms with van der Waals surface area (Å²) in [5, 5.41) is -0.393. The molecule has 0 radical (unpaired) electrons. The van der Waals surface area contributed by atoms with Gasteiger partial charge in [0.05, 0.1) is 5.37 Å². The van der Waals surface area contributed by atoms with Crippen molar-refractivity contribution >= 4 is 12.6 Å². The number of hydrogen-bond donors (Lipinski definition) is 2. The van der Waals surface area contributed by atoms with Gasteiger partial charge in [0.2, 0.25) is 0 Å². The summed E-state index contributed by atoms with van der Waals surface area (Å²) in [5.74, 6) is -0.276. The van der Waals surface area contributed by atoms with E-state index in [0.717, 1.165) is 0 Å². The van der Waals surface area contributed by atoms with E-state index in [1.807, 2.05) is 0 Å². The van der Waals surface area contributed by atoms with E-state index in [0.29, 0.717) is 5.56 Å². The fourth-order valence-electron chi connectivity index (χ4n) is 0.691. The van der Waals surface area contributed by atoms with Gasteiger partial charge in [-0.3, -0.25) is 0 Å². The maximum absolute atomic E-state index is 12.4. The van der Waals surface area contributed by atoms with Crippen LogP contribution in [0.2, 0.25) is 0 Å². The van der Waals surface area contributed by atoms with E-state index in [1.54, 1.807) is 12.1 Å². The molecule has 0 aliphatic rings. The molecule has 0 spiro atoms. The summed E-state index contributed by atoms with van der Waals surface area (Å²) in [4.78, 5) is 0. The highest BCUT2D eigenvalue weighted by Gasteiger charge is 1.98. The predicted octanol–water partition coefficient (Wildman–Crippen LogP) is 1.71. The van der Waals surface area contributed by atoms with Crippen LogP contribution in [0, 0.1) is 5.82 Å². The molecule has 1 unspecified atom stereocenters. The molecule has 0 amide bonds. The van der Waals surface area contributed by atoms with Crippen molar-refractivity contribution in [3.05, 3.63) is 35.6 Å². The summed E-state index contributed by atoms with van der Waals surface area (Å²) in [7, 11) is 0. The van der Waals surface area contributed by atoms with Crippen LogP contribution in [0.25, 0.3) is 0 Å². The highest BCUT2D eigenvalue weighted by molar-refractivity contribution is 7.80. The lowest BCUT2D eigenvalue weighted by Crippen LogP contribution is -2.01. The third kappa shape index (κ3) is 1.72. The summed E-state index contributed by atoms with van der Waals surface area (Å²) in [5.41, 5.74) is 6.08. The van der Waals surface area contributed by atoms with Crippen molar-refractivity contribution in [1.29, 1.82) is 0 Å². The Morgan fingerprint density at radius 1 is 1.50 bits per heavy atom. The van der Waals surface area contributed by atoms with Gasteiger partial charge in [-0.1, -0.05) is 12.1 Å². The molecule has 1 aromatic carbocycles. The Labute approximate surface area is 64.5 Å². The molecule has 2 N–H and O–H groups in total. The Balaban J connectivity index is 2.96. The van der Waals surface area contributed by atoms with Crippen molar-refractivity contribution in [3.63, 3.8) is 0 Å². The molecule has 54 valence electrons. The second-order valence-electron chi connectivity index (χ2n) is 2.00. The maximum atomic E-state index is 12.4. The van der Waals surface area contributed by atoms with E-state index in [2.05, 4.69) is 12.6 Å². The van der Waals surface area contributed by atoms with Crippen molar-refractivity contribution in [3.8, 4) is 0 Å². The van der Waals surface area contributed by atoms with E-state index < -0.39 is 5.37 Å². The molecule has 1 aromatic rings. The van der Waals surface area contributed by atoms with Crippen LogP contribution in [0.1, 0.15) is 10.9 Å². The topological polar surface area (TPSA) is 26.0 Å². The first kappa shape index (κ1) is 7.57. The molecule has 0 fully saturated rings. The zero-order valence-corrected chi connectivity index (χ0v) is 6.18. The van der Waals surface area contributed by atoms with E-state index in [4.69, 9.17) is 5.73 Å². The van der Waals surface area contributed by atoms with Crippen LogP contribution in [-0.2, 0) is 0 Å². The second-order valence-corrected chi connectivity index (χ2v) is 2.56. The Hall–Kier alpha value is -0.540. The summed E-state index contributed by atoms with van der Waals surface area (Å²) in [6, 6.07) is 6.10. The largest absolute Gasteiger partial charge is 0.316 e. The molecular weight excluding hydrogens is 149 g/mol. The van der Waals surface area contributed by atoms with E-state index in [1.165, 1.54) is 12.1 Å². The lowest BCUT2D eigenvalue weighted by molar-refractivity contribution is 0.625. The van der Waals surface area contributed by atoms with Crippen molar-refractivity contribution in [2.24, 2.45) is 5.73 Å². The van der Waals surface area contributed by atoms with Crippen molar-refractivity contribution in [1.82, 2.24) is 0 Å². The molecule has 0 heterocycles. The van der Waals surface area contributed by atoms with Crippen LogP contribution < -0.4 is 5.73 Å². The minimum absolute atomic E-state index is 0.276. The Morgan fingerprint density at radius 3 is 2.60 bits per heavy atom. The fraction of sp³-hybridized carbons (Fsp3) is 0.143. The molecule has 10 heavy (non-hydrogen) atoms. The molecule has 0 saturated carbocycles. The molecule has 0 aromatic heterocycles. The normalized spacial score (nSPS) is 13.1. The van der Waals surface area contributed by atoms with E-state index in [-0.39, 0.29) is 5.82 Å². The quantitative estimate of drug-likeness (QED) is 0.471. The third-order valence-electron chi connectivity index (χ3n) is 1.19. The molecule has 3 heteroatoms. The number of hydrogen-bond acceptors (Lipinski definition) is 2. The zero-order chi connectivity index (χ0) is 7.56. The molecule has 0 aliphatic heterocycles. The SMILES string of the molecule is NC(S)c1cccc(F)c1. The highest BCUT2D eigenvalue weighted by atomic mass is 32.1. The lowest BCUT2D eigenvalue weighted by atomic mass is 10.2. The van der Waals surface area contributed by atoms with Gasteiger partial charge in [-0.15, -0.1) is 0 Å². The van der Waals surface area contributed by atoms with Gasteiger partial charge in [-0.25, -0.2) is 4.39 Å². The highest BCUT2D eigenvalue weighted by Crippen LogP contribution is 2.13. The Kier molecular flexibility index (Phi) is 2.29. The number of thiol groups is 1. The summed E-state index contributed by atoms with van der Waals surface area (Å²) in [6.07, 6.45) is 0. The molecular formula is C7H8FNS. The molecule has 0 saturated heterocycles. The first-order valence-electron chi connectivity index (χ1n) is 2.89. The molecule has 0 aliphatic carbocycles. The van der Waals surface area contributed by atoms with Crippen molar-refractivity contribution < 1.29 is 4.39 Å². The van der Waals surface area contributed by atoms with Crippen molar-refractivity contribution in [2.45, 2.75) is 5.37 Å². The number of halogens is 1. The van der Waals surface area contributed by atoms with Crippen LogP contribution in [0.3, 0.4) is 0 Å².